The topological polar surface area (TPSA) is 231 Å². The van der Waals surface area contributed by atoms with Crippen molar-refractivity contribution in [1.29, 1.82) is 0 Å². The van der Waals surface area contributed by atoms with Crippen molar-refractivity contribution in [3.05, 3.63) is 117 Å². The summed E-state index contributed by atoms with van der Waals surface area (Å²) in [4.78, 5) is 43.5. The summed E-state index contributed by atoms with van der Waals surface area (Å²) in [6.07, 6.45) is 0.228. The number of nitrogens with two attached hydrogens (primary N) is 2. The summed E-state index contributed by atoms with van der Waals surface area (Å²) in [5.41, 5.74) is 8.35. The molecule has 0 amide bonds. The zero-order valence-electron chi connectivity index (χ0n) is 27.1. The lowest BCUT2D eigenvalue weighted by molar-refractivity contribution is -0.763. The number of carbonyl (C=O) groups is 2. The Balaban J connectivity index is 1.44. The normalized spacial score (nSPS) is 11.6. The van der Waals surface area contributed by atoms with E-state index >= 15 is 0 Å². The molecule has 6 N–H and O–H groups in total. The number of benzene rings is 3. The summed E-state index contributed by atoms with van der Waals surface area (Å²) in [5.74, 6) is 5.49. The molecular formula is C33H37N7O9. The van der Waals surface area contributed by atoms with Crippen LogP contribution >= 0.6 is 0 Å². The number of aliphatic hydroxyl groups is 1. The Kier molecular flexibility index (Phi) is 11.5. The number of carbonyl (C=O) groups excluding carboxylic acids is 1. The Labute approximate surface area is 281 Å². The van der Waals surface area contributed by atoms with Crippen molar-refractivity contribution in [3.63, 3.8) is 0 Å². The standard InChI is InChI=1S/C33H37N7O9/c1-4-7-27-36-29(33(2,3)44)28(31(41)42)38(27)18-21-10-14-23(15-11-21)25-8-5-6-9-26(25)30(34)37-39(35)20-47-32(43)49-24-16-12-22(13-17-24)19-48-40(45)46/h5-6,8-17,44H,4,7,18-20,35H2,1-3H3,(H2,34,37)(H,41,42). The first-order valence-corrected chi connectivity index (χ1v) is 15.1. The van der Waals surface area contributed by atoms with Crippen LogP contribution in [0, 0.1) is 10.1 Å². The third kappa shape index (κ3) is 9.52. The van der Waals surface area contributed by atoms with E-state index in [1.807, 2.05) is 43.3 Å². The van der Waals surface area contributed by atoms with Crippen LogP contribution in [0.4, 0.5) is 4.79 Å². The number of aryl methyl sites for hydroxylation is 1. The van der Waals surface area contributed by atoms with Gasteiger partial charge in [0, 0.05) is 18.5 Å². The van der Waals surface area contributed by atoms with Crippen molar-refractivity contribution in [2.24, 2.45) is 16.7 Å². The molecule has 4 aromatic rings. The van der Waals surface area contributed by atoms with Crippen molar-refractivity contribution in [1.82, 2.24) is 14.7 Å². The molecule has 0 radical (unpaired) electrons. The first kappa shape index (κ1) is 35.8. The van der Waals surface area contributed by atoms with Gasteiger partial charge in [-0.15, -0.1) is 15.2 Å². The number of hydrogen-bond donors (Lipinski definition) is 4. The van der Waals surface area contributed by atoms with Crippen LogP contribution in [0.3, 0.4) is 0 Å². The van der Waals surface area contributed by atoms with Crippen molar-refractivity contribution in [2.75, 3.05) is 6.73 Å². The maximum atomic E-state index is 12.2. The molecule has 0 atom stereocenters. The molecule has 0 aliphatic carbocycles. The molecule has 1 heterocycles. The number of rotatable bonds is 15. The molecule has 0 bridgehead atoms. The van der Waals surface area contributed by atoms with E-state index in [-0.39, 0.29) is 36.1 Å². The predicted octanol–water partition coefficient (Wildman–Crippen LogP) is 4.15. The monoisotopic (exact) mass is 675 g/mol. The van der Waals surface area contributed by atoms with E-state index in [0.29, 0.717) is 23.4 Å². The van der Waals surface area contributed by atoms with Crippen LogP contribution in [-0.2, 0) is 34.7 Å². The molecule has 3 aromatic carbocycles. The summed E-state index contributed by atoms with van der Waals surface area (Å²) < 4.78 is 11.7. The molecule has 258 valence electrons. The molecule has 16 heteroatoms. The van der Waals surface area contributed by atoms with Crippen LogP contribution in [0.25, 0.3) is 11.1 Å². The Morgan fingerprint density at radius 1 is 1.06 bits per heavy atom. The summed E-state index contributed by atoms with van der Waals surface area (Å²) >= 11 is 0. The number of carboxylic acid groups (broad SMARTS) is 1. The third-order valence-corrected chi connectivity index (χ3v) is 7.12. The van der Waals surface area contributed by atoms with E-state index in [4.69, 9.17) is 21.1 Å². The Morgan fingerprint density at radius 3 is 2.33 bits per heavy atom. The number of hydrogen-bond acceptors (Lipinski definition) is 12. The highest BCUT2D eigenvalue weighted by Crippen LogP contribution is 2.28. The number of aromatic carboxylic acids is 1. The van der Waals surface area contributed by atoms with Crippen LogP contribution in [-0.4, -0.2) is 54.7 Å². The van der Waals surface area contributed by atoms with E-state index < -0.39 is 29.5 Å². The fraction of sp³-hybridized carbons (Fsp3) is 0.273. The van der Waals surface area contributed by atoms with Crippen LogP contribution in [0.15, 0.2) is 77.9 Å². The molecular weight excluding hydrogens is 638 g/mol. The largest absolute Gasteiger partial charge is 0.515 e. The van der Waals surface area contributed by atoms with Gasteiger partial charge in [-0.1, -0.05) is 67.6 Å². The first-order valence-electron chi connectivity index (χ1n) is 15.1. The van der Waals surface area contributed by atoms with Gasteiger partial charge in [-0.25, -0.2) is 20.4 Å². The Hall–Kier alpha value is -6.00. The van der Waals surface area contributed by atoms with Crippen LogP contribution in [0.5, 0.6) is 5.75 Å². The molecule has 1 aromatic heterocycles. The van der Waals surface area contributed by atoms with Crippen LogP contribution in [0.1, 0.15) is 65.9 Å². The molecule has 0 saturated carbocycles. The number of aromatic nitrogens is 2. The molecule has 0 spiro atoms. The van der Waals surface area contributed by atoms with Crippen LogP contribution < -0.4 is 16.3 Å². The highest BCUT2D eigenvalue weighted by molar-refractivity contribution is 6.03. The second kappa shape index (κ2) is 15.7. The SMILES string of the molecule is CCCc1nc(C(C)(C)O)c(C(=O)O)n1Cc1ccc(-c2ccccc2/C(N)=N/N(N)COC(=O)Oc2ccc(CO[N+](=O)[O-])cc2)cc1. The quantitative estimate of drug-likeness (QED) is 0.0203. The lowest BCUT2D eigenvalue weighted by Gasteiger charge is -2.16. The predicted molar refractivity (Wildman–Crippen MR) is 176 cm³/mol. The van der Waals surface area contributed by atoms with Gasteiger partial charge in [0.1, 0.15) is 29.5 Å². The molecule has 0 fully saturated rings. The minimum absolute atomic E-state index is 0.0412. The molecule has 4 rings (SSSR count). The minimum atomic E-state index is -1.43. The maximum absolute atomic E-state index is 12.2. The van der Waals surface area contributed by atoms with Crippen molar-refractivity contribution >= 4 is 18.0 Å². The van der Waals surface area contributed by atoms with Gasteiger partial charge >= 0.3 is 12.1 Å². The second-order valence-corrected chi connectivity index (χ2v) is 11.4. The van der Waals surface area contributed by atoms with E-state index in [9.17, 15) is 29.9 Å². The average Bonchev–Trinajstić information content (AvgIpc) is 3.42. The van der Waals surface area contributed by atoms with Crippen molar-refractivity contribution < 1.29 is 39.2 Å². The smallest absolute Gasteiger partial charge is 0.477 e. The molecule has 16 nitrogen and oxygen atoms in total. The van der Waals surface area contributed by atoms with Gasteiger partial charge in [-0.3, -0.25) is 0 Å². The Bertz CT molecular complexity index is 1820. The van der Waals surface area contributed by atoms with Crippen LogP contribution in [0.2, 0.25) is 0 Å². The molecule has 0 unspecified atom stereocenters. The second-order valence-electron chi connectivity index (χ2n) is 11.4. The number of carboxylic acids is 1. The molecule has 0 saturated heterocycles. The van der Waals surface area contributed by atoms with E-state index in [0.717, 1.165) is 28.2 Å². The number of hydrazone groups is 1. The van der Waals surface area contributed by atoms with Gasteiger partial charge in [0.2, 0.25) is 0 Å². The number of imidazole rings is 1. The minimum Gasteiger partial charge on any atom is -0.477 e. The number of amidine groups is 1. The van der Waals surface area contributed by atoms with Gasteiger partial charge in [-0.05, 0) is 54.7 Å². The molecule has 49 heavy (non-hydrogen) atoms. The van der Waals surface area contributed by atoms with Crippen molar-refractivity contribution in [3.8, 4) is 16.9 Å². The summed E-state index contributed by atoms with van der Waals surface area (Å²) in [5, 5.41) is 35.0. The first-order chi connectivity index (χ1) is 23.3. The van der Waals surface area contributed by atoms with Gasteiger partial charge in [0.05, 0.1) is 0 Å². The van der Waals surface area contributed by atoms with E-state index in [2.05, 4.69) is 14.9 Å². The van der Waals surface area contributed by atoms with E-state index in [1.54, 1.807) is 16.7 Å². The highest BCUT2D eigenvalue weighted by Gasteiger charge is 2.31. The number of ether oxygens (including phenoxy) is 2. The molecule has 0 aliphatic heterocycles. The summed E-state index contributed by atoms with van der Waals surface area (Å²) in [6.45, 7) is 4.49. The summed E-state index contributed by atoms with van der Waals surface area (Å²) in [6, 6.07) is 20.5. The lowest BCUT2D eigenvalue weighted by Crippen LogP contribution is -2.33. The molecule has 0 aliphatic rings. The Morgan fingerprint density at radius 2 is 1.71 bits per heavy atom. The van der Waals surface area contributed by atoms with Gasteiger partial charge in [-0.2, -0.15) is 5.12 Å². The average molecular weight is 676 g/mol. The fourth-order valence-electron chi connectivity index (χ4n) is 4.90. The maximum Gasteiger partial charge on any atom is 0.515 e. The highest BCUT2D eigenvalue weighted by atomic mass is 16.9. The zero-order valence-corrected chi connectivity index (χ0v) is 27.1. The zero-order chi connectivity index (χ0) is 35.7. The van der Waals surface area contributed by atoms with Gasteiger partial charge in [0.15, 0.2) is 18.3 Å². The van der Waals surface area contributed by atoms with Crippen molar-refractivity contribution in [2.45, 2.75) is 52.4 Å². The van der Waals surface area contributed by atoms with E-state index in [1.165, 1.54) is 38.1 Å². The van der Waals surface area contributed by atoms with Gasteiger partial charge in [0.25, 0.3) is 5.09 Å². The number of nitrogens with zero attached hydrogens (tertiary/aromatic N) is 5. The summed E-state index contributed by atoms with van der Waals surface area (Å²) in [7, 11) is 0. The number of hydrazine groups is 1. The van der Waals surface area contributed by atoms with Gasteiger partial charge < -0.3 is 34.8 Å². The fourth-order valence-corrected chi connectivity index (χ4v) is 4.90. The third-order valence-electron chi connectivity index (χ3n) is 7.12. The lowest BCUT2D eigenvalue weighted by atomic mass is 9.98.